The number of aromatic hydroxyl groups is 1. The molecule has 2 fully saturated rings. The number of ketones is 1. The number of likely N-dealkylation sites (tertiary alicyclic amines) is 1. The highest BCUT2D eigenvalue weighted by Gasteiger charge is 2.46. The predicted molar refractivity (Wildman–Crippen MR) is 120 cm³/mol. The molecule has 2 aliphatic rings. The van der Waals surface area contributed by atoms with Crippen LogP contribution in [0, 0.1) is 13.8 Å². The first-order valence-electron chi connectivity index (χ1n) is 10.8. The van der Waals surface area contributed by atoms with Crippen LogP contribution in [-0.4, -0.2) is 71.1 Å². The van der Waals surface area contributed by atoms with E-state index in [0.717, 1.165) is 29.8 Å². The number of nitrogens with zero attached hydrogens (tertiary/aromatic N) is 2. The number of carbonyl (C=O) groups is 2. The fourth-order valence-electron chi connectivity index (χ4n) is 4.30. The third kappa shape index (κ3) is 4.13. The van der Waals surface area contributed by atoms with Gasteiger partial charge in [0.25, 0.3) is 11.7 Å². The van der Waals surface area contributed by atoms with E-state index in [0.29, 0.717) is 26.3 Å². The maximum atomic E-state index is 13.1. The molecule has 0 spiro atoms. The quantitative estimate of drug-likeness (QED) is 0.426. The van der Waals surface area contributed by atoms with Gasteiger partial charge in [0.2, 0.25) is 0 Å². The summed E-state index contributed by atoms with van der Waals surface area (Å²) in [5.41, 5.74) is 2.62. The number of Topliss-reactive ketones (excluding diaryl/α,β-unsaturated/α-hetero) is 1. The van der Waals surface area contributed by atoms with Crippen LogP contribution in [0.1, 0.15) is 28.3 Å². The second-order valence-electron chi connectivity index (χ2n) is 8.31. The molecule has 2 aromatic carbocycles. The summed E-state index contributed by atoms with van der Waals surface area (Å²) in [5, 5.41) is 21.6. The molecular formula is C25H28N2O5. The van der Waals surface area contributed by atoms with Crippen LogP contribution in [0.15, 0.2) is 48.0 Å². The molecule has 168 valence electrons. The highest BCUT2D eigenvalue weighted by molar-refractivity contribution is 6.46. The van der Waals surface area contributed by atoms with Gasteiger partial charge in [-0.1, -0.05) is 30.3 Å². The first kappa shape index (κ1) is 22.0. The van der Waals surface area contributed by atoms with Crippen molar-refractivity contribution in [1.29, 1.82) is 0 Å². The molecule has 2 saturated heterocycles. The zero-order valence-corrected chi connectivity index (χ0v) is 18.4. The fraction of sp³-hybridized carbons (Fsp3) is 0.360. The molecule has 0 saturated carbocycles. The van der Waals surface area contributed by atoms with Crippen molar-refractivity contribution in [3.8, 4) is 5.75 Å². The maximum Gasteiger partial charge on any atom is 0.295 e. The molecule has 2 N–H and O–H groups in total. The number of phenolic OH excluding ortho intramolecular Hbond substituents is 1. The monoisotopic (exact) mass is 436 g/mol. The summed E-state index contributed by atoms with van der Waals surface area (Å²) in [6.45, 7) is 7.51. The van der Waals surface area contributed by atoms with Crippen molar-refractivity contribution in [2.75, 3.05) is 39.4 Å². The topological polar surface area (TPSA) is 90.3 Å². The van der Waals surface area contributed by atoms with Crippen molar-refractivity contribution in [2.45, 2.75) is 19.9 Å². The van der Waals surface area contributed by atoms with Crippen LogP contribution in [0.25, 0.3) is 5.76 Å². The van der Waals surface area contributed by atoms with E-state index in [-0.39, 0.29) is 22.6 Å². The number of ether oxygens (including phenoxy) is 1. The summed E-state index contributed by atoms with van der Waals surface area (Å²) in [4.78, 5) is 29.9. The molecule has 0 aromatic heterocycles. The first-order valence-corrected chi connectivity index (χ1v) is 10.8. The highest BCUT2D eigenvalue weighted by Crippen LogP contribution is 2.41. The minimum atomic E-state index is -0.740. The molecule has 2 aliphatic heterocycles. The van der Waals surface area contributed by atoms with Gasteiger partial charge in [-0.2, -0.15) is 0 Å². The normalized spacial score (nSPS) is 21.3. The third-order valence-corrected chi connectivity index (χ3v) is 6.28. The van der Waals surface area contributed by atoms with Crippen LogP contribution < -0.4 is 0 Å². The molecule has 7 nitrogen and oxygen atoms in total. The fourth-order valence-corrected chi connectivity index (χ4v) is 4.30. The van der Waals surface area contributed by atoms with E-state index in [1.54, 1.807) is 12.1 Å². The van der Waals surface area contributed by atoms with E-state index in [1.165, 1.54) is 4.90 Å². The Morgan fingerprint density at radius 2 is 1.69 bits per heavy atom. The average Bonchev–Trinajstić information content (AvgIpc) is 3.05. The van der Waals surface area contributed by atoms with Gasteiger partial charge in [-0.15, -0.1) is 0 Å². The Balaban J connectivity index is 1.76. The van der Waals surface area contributed by atoms with Gasteiger partial charge in [0.15, 0.2) is 0 Å². The van der Waals surface area contributed by atoms with Crippen molar-refractivity contribution in [3.05, 3.63) is 70.3 Å². The van der Waals surface area contributed by atoms with E-state index < -0.39 is 17.7 Å². The van der Waals surface area contributed by atoms with Crippen molar-refractivity contribution in [1.82, 2.24) is 9.80 Å². The van der Waals surface area contributed by atoms with Crippen LogP contribution >= 0.6 is 0 Å². The number of carbonyl (C=O) groups excluding carboxylic acids is 2. The number of aliphatic hydroxyl groups excluding tert-OH is 1. The van der Waals surface area contributed by atoms with Gasteiger partial charge < -0.3 is 19.8 Å². The number of morpholine rings is 1. The minimum absolute atomic E-state index is 0.00160. The average molecular weight is 437 g/mol. The van der Waals surface area contributed by atoms with Gasteiger partial charge in [0.05, 0.1) is 30.4 Å². The molecule has 7 heteroatoms. The number of amides is 1. The Hall–Kier alpha value is -3.16. The van der Waals surface area contributed by atoms with Crippen LogP contribution in [0.4, 0.5) is 0 Å². The van der Waals surface area contributed by atoms with Crippen LogP contribution in [0.2, 0.25) is 0 Å². The zero-order valence-electron chi connectivity index (χ0n) is 18.4. The second kappa shape index (κ2) is 9.14. The molecule has 2 heterocycles. The van der Waals surface area contributed by atoms with Gasteiger partial charge >= 0.3 is 0 Å². The molecule has 0 aliphatic carbocycles. The molecular weight excluding hydrogens is 408 g/mol. The molecule has 1 atom stereocenters. The standard InChI is InChI=1S/C25H28N2O5/c1-16-14-19(20(28)15-17(16)2)23(29)21-22(18-6-4-3-5-7-18)27(25(31)24(21)30)9-8-26-10-12-32-13-11-26/h3-7,14-15,22,28-29H,8-13H2,1-2H3/b23-21+. The van der Waals surface area contributed by atoms with Crippen molar-refractivity contribution in [3.63, 3.8) is 0 Å². The van der Waals surface area contributed by atoms with Crippen molar-refractivity contribution >= 4 is 17.4 Å². The van der Waals surface area contributed by atoms with Crippen molar-refractivity contribution in [2.24, 2.45) is 0 Å². The number of aryl methyl sites for hydroxylation is 2. The third-order valence-electron chi connectivity index (χ3n) is 6.28. The SMILES string of the molecule is Cc1cc(O)c(/C(O)=C2\C(=O)C(=O)N(CCN3CCOCC3)C2c2ccccc2)cc1C. The van der Waals surface area contributed by atoms with Crippen LogP contribution in [-0.2, 0) is 14.3 Å². The predicted octanol–water partition coefficient (Wildman–Crippen LogP) is 2.76. The summed E-state index contributed by atoms with van der Waals surface area (Å²) in [6, 6.07) is 11.7. The zero-order chi connectivity index (χ0) is 22.8. The summed E-state index contributed by atoms with van der Waals surface area (Å²) < 4.78 is 5.39. The number of phenols is 1. The second-order valence-corrected chi connectivity index (χ2v) is 8.31. The molecule has 32 heavy (non-hydrogen) atoms. The molecule has 0 radical (unpaired) electrons. The smallest absolute Gasteiger partial charge is 0.295 e. The number of hydrogen-bond donors (Lipinski definition) is 2. The summed E-state index contributed by atoms with van der Waals surface area (Å²) in [6.07, 6.45) is 0. The maximum absolute atomic E-state index is 13.1. The van der Waals surface area contributed by atoms with Gasteiger partial charge in [0.1, 0.15) is 11.5 Å². The number of benzene rings is 2. The van der Waals surface area contributed by atoms with Gasteiger partial charge in [-0.3, -0.25) is 14.5 Å². The lowest BCUT2D eigenvalue weighted by molar-refractivity contribution is -0.140. The van der Waals surface area contributed by atoms with Crippen molar-refractivity contribution < 1.29 is 24.5 Å². The van der Waals surface area contributed by atoms with Gasteiger partial charge in [-0.25, -0.2) is 0 Å². The lowest BCUT2D eigenvalue weighted by Crippen LogP contribution is -2.42. The molecule has 2 aromatic rings. The van der Waals surface area contributed by atoms with Crippen LogP contribution in [0.3, 0.4) is 0 Å². The van der Waals surface area contributed by atoms with E-state index in [4.69, 9.17) is 4.74 Å². The summed E-state index contributed by atoms with van der Waals surface area (Å²) >= 11 is 0. The van der Waals surface area contributed by atoms with E-state index in [2.05, 4.69) is 4.90 Å². The number of rotatable bonds is 5. The Bertz CT molecular complexity index is 1060. The van der Waals surface area contributed by atoms with E-state index in [1.807, 2.05) is 44.2 Å². The van der Waals surface area contributed by atoms with E-state index in [9.17, 15) is 19.8 Å². The molecule has 1 amide bonds. The molecule has 0 bridgehead atoms. The molecule has 4 rings (SSSR count). The summed E-state index contributed by atoms with van der Waals surface area (Å²) in [5.74, 6) is -1.86. The Kier molecular flexibility index (Phi) is 6.30. The van der Waals surface area contributed by atoms with Gasteiger partial charge in [0, 0.05) is 26.2 Å². The Morgan fingerprint density at radius 1 is 1.03 bits per heavy atom. The van der Waals surface area contributed by atoms with Gasteiger partial charge in [-0.05, 0) is 42.7 Å². The number of hydrogen-bond acceptors (Lipinski definition) is 6. The summed E-state index contributed by atoms with van der Waals surface area (Å²) in [7, 11) is 0. The highest BCUT2D eigenvalue weighted by atomic mass is 16.5. The largest absolute Gasteiger partial charge is 0.507 e. The van der Waals surface area contributed by atoms with E-state index >= 15 is 0 Å². The lowest BCUT2D eigenvalue weighted by Gasteiger charge is -2.31. The first-order chi connectivity index (χ1) is 15.4. The van der Waals surface area contributed by atoms with Crippen LogP contribution in [0.5, 0.6) is 5.75 Å². The lowest BCUT2D eigenvalue weighted by atomic mass is 9.94. The minimum Gasteiger partial charge on any atom is -0.507 e. The number of aliphatic hydroxyl groups is 1. The Morgan fingerprint density at radius 3 is 2.38 bits per heavy atom. The Labute approximate surface area is 187 Å². The molecule has 1 unspecified atom stereocenters.